The summed E-state index contributed by atoms with van der Waals surface area (Å²) in [5.74, 6) is 0.593. The maximum Gasteiger partial charge on any atom is 0.387 e. The molecular formula is C9H14F2N4O. The van der Waals surface area contributed by atoms with Gasteiger partial charge in [-0.3, -0.25) is 0 Å². The van der Waals surface area contributed by atoms with Crippen LogP contribution in [0.4, 0.5) is 14.7 Å². The summed E-state index contributed by atoms with van der Waals surface area (Å²) in [5, 5.41) is 2.93. The number of hydrogen-bond donors (Lipinski definition) is 2. The molecule has 1 aromatic heterocycles. The maximum atomic E-state index is 11.8. The molecule has 1 unspecified atom stereocenters. The molecule has 1 heterocycles. The lowest BCUT2D eigenvalue weighted by atomic mass is 10.2. The predicted molar refractivity (Wildman–Crippen MR) is 55.4 cm³/mol. The topological polar surface area (TPSA) is 73.1 Å². The molecule has 7 heteroatoms. The highest BCUT2D eigenvalue weighted by Crippen LogP contribution is 2.11. The van der Waals surface area contributed by atoms with Crippen LogP contribution in [0.15, 0.2) is 12.4 Å². The van der Waals surface area contributed by atoms with Gasteiger partial charge < -0.3 is 15.8 Å². The molecule has 1 atom stereocenters. The van der Waals surface area contributed by atoms with Crippen LogP contribution in [0.5, 0.6) is 5.75 Å². The van der Waals surface area contributed by atoms with Gasteiger partial charge in [-0.05, 0) is 12.5 Å². The van der Waals surface area contributed by atoms with Crippen molar-refractivity contribution >= 4 is 5.95 Å². The largest absolute Gasteiger partial charge is 0.432 e. The third-order valence-electron chi connectivity index (χ3n) is 1.86. The number of anilines is 1. The van der Waals surface area contributed by atoms with E-state index in [-0.39, 0.29) is 5.75 Å². The van der Waals surface area contributed by atoms with Crippen molar-refractivity contribution in [3.8, 4) is 5.75 Å². The van der Waals surface area contributed by atoms with Crippen molar-refractivity contribution in [2.45, 2.75) is 13.5 Å². The van der Waals surface area contributed by atoms with E-state index in [0.717, 1.165) is 0 Å². The van der Waals surface area contributed by atoms with Crippen LogP contribution in [-0.4, -0.2) is 29.7 Å². The number of alkyl halides is 2. The van der Waals surface area contributed by atoms with Crippen LogP contribution in [0.25, 0.3) is 0 Å². The zero-order valence-corrected chi connectivity index (χ0v) is 8.86. The first-order valence-electron chi connectivity index (χ1n) is 4.82. The number of hydrogen-bond acceptors (Lipinski definition) is 5. The number of rotatable bonds is 6. The van der Waals surface area contributed by atoms with Crippen molar-refractivity contribution in [2.75, 3.05) is 18.4 Å². The lowest BCUT2D eigenvalue weighted by molar-refractivity contribution is -0.0503. The van der Waals surface area contributed by atoms with Crippen LogP contribution in [0.1, 0.15) is 6.92 Å². The normalized spacial score (nSPS) is 12.6. The second-order valence-corrected chi connectivity index (χ2v) is 3.34. The Bertz CT molecular complexity index is 307. The van der Waals surface area contributed by atoms with E-state index in [1.807, 2.05) is 6.92 Å². The highest BCUT2D eigenvalue weighted by atomic mass is 19.3. The first-order valence-corrected chi connectivity index (χ1v) is 4.82. The molecule has 0 amide bonds. The third kappa shape index (κ3) is 4.35. The Labute approximate surface area is 92.0 Å². The SMILES string of the molecule is CC(CN)CNc1ncc(OC(F)F)cn1. The average molecular weight is 232 g/mol. The molecule has 0 fully saturated rings. The molecule has 90 valence electrons. The molecule has 0 spiro atoms. The quantitative estimate of drug-likeness (QED) is 0.768. The third-order valence-corrected chi connectivity index (χ3v) is 1.86. The zero-order chi connectivity index (χ0) is 12.0. The molecule has 0 saturated carbocycles. The van der Waals surface area contributed by atoms with E-state index in [1.165, 1.54) is 12.4 Å². The van der Waals surface area contributed by atoms with Crippen molar-refractivity contribution in [1.82, 2.24) is 9.97 Å². The van der Waals surface area contributed by atoms with Gasteiger partial charge in [-0.15, -0.1) is 0 Å². The molecule has 1 aromatic rings. The van der Waals surface area contributed by atoms with Gasteiger partial charge >= 0.3 is 6.61 Å². The van der Waals surface area contributed by atoms with Gasteiger partial charge in [0.1, 0.15) is 0 Å². The smallest absolute Gasteiger partial charge is 0.387 e. The molecule has 0 aliphatic rings. The first kappa shape index (κ1) is 12.6. The summed E-state index contributed by atoms with van der Waals surface area (Å²) in [7, 11) is 0. The van der Waals surface area contributed by atoms with Gasteiger partial charge in [0.15, 0.2) is 5.75 Å². The summed E-state index contributed by atoms with van der Waals surface area (Å²) in [6, 6.07) is 0. The fourth-order valence-electron chi connectivity index (χ4n) is 0.920. The molecule has 0 bridgehead atoms. The zero-order valence-electron chi connectivity index (χ0n) is 8.86. The van der Waals surface area contributed by atoms with Crippen LogP contribution < -0.4 is 15.8 Å². The molecule has 0 radical (unpaired) electrons. The summed E-state index contributed by atoms with van der Waals surface area (Å²) < 4.78 is 27.7. The molecule has 16 heavy (non-hydrogen) atoms. The number of nitrogens with zero attached hydrogens (tertiary/aromatic N) is 2. The number of aromatic nitrogens is 2. The molecule has 1 rings (SSSR count). The summed E-state index contributed by atoms with van der Waals surface area (Å²) in [6.07, 6.45) is 2.38. The molecule has 0 aliphatic heterocycles. The average Bonchev–Trinajstić information content (AvgIpc) is 2.27. The van der Waals surface area contributed by atoms with Gasteiger partial charge in [0.2, 0.25) is 5.95 Å². The van der Waals surface area contributed by atoms with Crippen LogP contribution in [0.2, 0.25) is 0 Å². The fourth-order valence-corrected chi connectivity index (χ4v) is 0.920. The van der Waals surface area contributed by atoms with Gasteiger partial charge in [0, 0.05) is 6.54 Å². The van der Waals surface area contributed by atoms with E-state index in [0.29, 0.717) is 25.0 Å². The Morgan fingerprint density at radius 1 is 1.44 bits per heavy atom. The van der Waals surface area contributed by atoms with E-state index >= 15 is 0 Å². The van der Waals surface area contributed by atoms with Crippen LogP contribution >= 0.6 is 0 Å². The Hall–Kier alpha value is -1.50. The summed E-state index contributed by atoms with van der Waals surface area (Å²) in [6.45, 7) is 0.298. The summed E-state index contributed by atoms with van der Waals surface area (Å²) in [5.41, 5.74) is 5.43. The van der Waals surface area contributed by atoms with E-state index in [1.54, 1.807) is 0 Å². The number of halogens is 2. The number of ether oxygens (including phenoxy) is 1. The highest BCUT2D eigenvalue weighted by molar-refractivity contribution is 5.26. The molecule has 0 aliphatic carbocycles. The lowest BCUT2D eigenvalue weighted by Crippen LogP contribution is -2.20. The minimum atomic E-state index is -2.86. The van der Waals surface area contributed by atoms with Crippen LogP contribution in [0, 0.1) is 5.92 Å². The Balaban J connectivity index is 2.45. The van der Waals surface area contributed by atoms with Gasteiger partial charge in [0.25, 0.3) is 0 Å². The highest BCUT2D eigenvalue weighted by Gasteiger charge is 2.05. The second-order valence-electron chi connectivity index (χ2n) is 3.34. The summed E-state index contributed by atoms with van der Waals surface area (Å²) >= 11 is 0. The monoisotopic (exact) mass is 232 g/mol. The van der Waals surface area contributed by atoms with Crippen molar-refractivity contribution in [2.24, 2.45) is 11.7 Å². The van der Waals surface area contributed by atoms with E-state index in [4.69, 9.17) is 5.73 Å². The Morgan fingerprint density at radius 2 is 2.06 bits per heavy atom. The van der Waals surface area contributed by atoms with Crippen molar-refractivity contribution in [3.63, 3.8) is 0 Å². The van der Waals surface area contributed by atoms with Crippen LogP contribution in [-0.2, 0) is 0 Å². The lowest BCUT2D eigenvalue weighted by Gasteiger charge is -2.10. The number of nitrogens with two attached hydrogens (primary N) is 1. The second kappa shape index (κ2) is 6.16. The maximum absolute atomic E-state index is 11.8. The molecule has 0 aromatic carbocycles. The van der Waals surface area contributed by atoms with Crippen molar-refractivity contribution in [3.05, 3.63) is 12.4 Å². The Kier molecular flexibility index (Phi) is 4.84. The van der Waals surface area contributed by atoms with Gasteiger partial charge in [-0.1, -0.05) is 6.92 Å². The fraction of sp³-hybridized carbons (Fsp3) is 0.556. The van der Waals surface area contributed by atoms with Gasteiger partial charge in [-0.25, -0.2) is 9.97 Å². The van der Waals surface area contributed by atoms with Crippen LogP contribution in [0.3, 0.4) is 0 Å². The molecule has 0 saturated heterocycles. The van der Waals surface area contributed by atoms with Gasteiger partial charge in [-0.2, -0.15) is 8.78 Å². The minimum Gasteiger partial charge on any atom is -0.432 e. The van der Waals surface area contributed by atoms with Crippen molar-refractivity contribution < 1.29 is 13.5 Å². The summed E-state index contributed by atoms with van der Waals surface area (Å²) in [4.78, 5) is 7.63. The molecule has 5 nitrogen and oxygen atoms in total. The van der Waals surface area contributed by atoms with Crippen molar-refractivity contribution in [1.29, 1.82) is 0 Å². The Morgan fingerprint density at radius 3 is 2.56 bits per heavy atom. The molecular weight excluding hydrogens is 218 g/mol. The van der Waals surface area contributed by atoms with Gasteiger partial charge in [0.05, 0.1) is 12.4 Å². The standard InChI is InChI=1S/C9H14F2N4O/c1-6(2-12)3-13-9-14-4-7(5-15-9)16-8(10)11/h4-6,8H,2-3,12H2,1H3,(H,13,14,15). The molecule has 3 N–H and O–H groups in total. The van der Waals surface area contributed by atoms with E-state index < -0.39 is 6.61 Å². The predicted octanol–water partition coefficient (Wildman–Crippen LogP) is 1.08. The number of nitrogens with one attached hydrogen (secondary N) is 1. The van der Waals surface area contributed by atoms with E-state index in [9.17, 15) is 8.78 Å². The minimum absolute atomic E-state index is 0.0626. The first-order chi connectivity index (χ1) is 7.61. The van der Waals surface area contributed by atoms with E-state index in [2.05, 4.69) is 20.0 Å².